The minimum Gasteiger partial charge on any atom is -0.505 e. The molecule has 13 heteroatoms. The molecule has 0 radical (unpaired) electrons. The molecule has 10 nitrogen and oxygen atoms in total. The number of thioether (sulfide) groups is 1. The lowest BCUT2D eigenvalue weighted by Crippen LogP contribution is -2.29. The predicted molar refractivity (Wildman–Crippen MR) is 189 cm³/mol. The molecule has 4 heterocycles. The molecule has 1 atom stereocenters. The van der Waals surface area contributed by atoms with E-state index in [-0.39, 0.29) is 16.5 Å². The van der Waals surface area contributed by atoms with Crippen molar-refractivity contribution in [1.82, 2.24) is 19.6 Å². The fraction of sp³-hybridized carbons (Fsp3) is 0.139. The molecule has 1 amide bonds. The van der Waals surface area contributed by atoms with Crippen molar-refractivity contribution in [3.05, 3.63) is 136 Å². The number of nitrogens with zero attached hydrogens (tertiary/aromatic N) is 5. The zero-order chi connectivity index (χ0) is 34.1. The highest BCUT2D eigenvalue weighted by Crippen LogP contribution is 2.46. The summed E-state index contributed by atoms with van der Waals surface area (Å²) < 4.78 is 14.1. The molecule has 0 bridgehead atoms. The molecule has 246 valence electrons. The van der Waals surface area contributed by atoms with Gasteiger partial charge in [-0.2, -0.15) is 0 Å². The van der Waals surface area contributed by atoms with Crippen LogP contribution in [-0.4, -0.2) is 43.5 Å². The molecule has 3 aromatic carbocycles. The second kappa shape index (κ2) is 13.7. The molecule has 49 heavy (non-hydrogen) atoms. The standard InChI is InChI=1S/C36H28ClN5O5S2/c1-21-30(41-17-7-6-10-28(41)38-21)32(43)29-31(24-13-16-26(27(18-24)46-2)47-19-22-8-4-3-5-9-22)42(34(45)33(29)44)35-39-40-36(49-35)48-20-23-11-14-25(37)15-12-23/h3-18,31,43H,19-20H2,1-2H3. The van der Waals surface area contributed by atoms with E-state index in [4.69, 9.17) is 21.1 Å². The Hall–Kier alpha value is -5.17. The fourth-order valence-corrected chi connectivity index (χ4v) is 7.61. The number of fused-ring (bicyclic) bond motifs is 1. The Morgan fingerprint density at radius 1 is 0.959 bits per heavy atom. The average molecular weight is 710 g/mol. The van der Waals surface area contributed by atoms with Crippen LogP contribution < -0.4 is 14.4 Å². The van der Waals surface area contributed by atoms with Crippen LogP contribution in [0.15, 0.2) is 107 Å². The molecule has 7 rings (SSSR count). The Kier molecular flexibility index (Phi) is 9.09. The molecule has 0 saturated carbocycles. The van der Waals surface area contributed by atoms with Crippen LogP contribution in [0.1, 0.15) is 34.1 Å². The number of amides is 1. The lowest BCUT2D eigenvalue weighted by Gasteiger charge is -2.23. The number of benzene rings is 3. The van der Waals surface area contributed by atoms with Gasteiger partial charge in [0.15, 0.2) is 21.6 Å². The van der Waals surface area contributed by atoms with Gasteiger partial charge in [-0.15, -0.1) is 10.2 Å². The van der Waals surface area contributed by atoms with E-state index in [0.717, 1.165) is 11.1 Å². The number of methoxy groups -OCH3 is 1. The first-order valence-corrected chi connectivity index (χ1v) is 17.3. The van der Waals surface area contributed by atoms with Gasteiger partial charge in [-0.25, -0.2) is 4.98 Å². The number of carbonyl (C=O) groups is 2. The third kappa shape index (κ3) is 6.38. The van der Waals surface area contributed by atoms with Gasteiger partial charge in [0.2, 0.25) is 5.13 Å². The van der Waals surface area contributed by atoms with E-state index in [0.29, 0.717) is 55.8 Å². The van der Waals surface area contributed by atoms with Crippen molar-refractivity contribution in [3.63, 3.8) is 0 Å². The number of hydrogen-bond donors (Lipinski definition) is 1. The summed E-state index contributed by atoms with van der Waals surface area (Å²) in [5, 5.41) is 21.4. The summed E-state index contributed by atoms with van der Waals surface area (Å²) in [6.45, 7) is 2.05. The maximum Gasteiger partial charge on any atom is 0.301 e. The lowest BCUT2D eigenvalue weighted by molar-refractivity contribution is -0.132. The van der Waals surface area contributed by atoms with Gasteiger partial charge in [-0.05, 0) is 60.0 Å². The number of anilines is 1. The Morgan fingerprint density at radius 3 is 2.51 bits per heavy atom. The molecular formula is C36H28ClN5O5S2. The predicted octanol–water partition coefficient (Wildman–Crippen LogP) is 7.65. The Balaban J connectivity index is 1.30. The van der Waals surface area contributed by atoms with Crippen molar-refractivity contribution in [2.24, 2.45) is 0 Å². The summed E-state index contributed by atoms with van der Waals surface area (Å²) in [6.07, 6.45) is 1.74. The summed E-state index contributed by atoms with van der Waals surface area (Å²) in [5.41, 5.74) is 3.80. The minimum absolute atomic E-state index is 0.107. The molecule has 1 N–H and O–H groups in total. The van der Waals surface area contributed by atoms with Crippen molar-refractivity contribution in [2.45, 2.75) is 29.7 Å². The molecule has 1 aliphatic heterocycles. The fourth-order valence-electron chi connectivity index (χ4n) is 5.66. The number of aryl methyl sites for hydroxylation is 1. The number of carbonyl (C=O) groups excluding carboxylic acids is 2. The van der Waals surface area contributed by atoms with Crippen molar-refractivity contribution >= 4 is 62.9 Å². The van der Waals surface area contributed by atoms with Gasteiger partial charge < -0.3 is 14.6 Å². The number of halogens is 1. The summed E-state index contributed by atoms with van der Waals surface area (Å²) in [4.78, 5) is 33.7. The van der Waals surface area contributed by atoms with Crippen molar-refractivity contribution in [1.29, 1.82) is 0 Å². The summed E-state index contributed by atoms with van der Waals surface area (Å²) >= 11 is 8.66. The van der Waals surface area contributed by atoms with E-state index in [2.05, 4.69) is 15.2 Å². The zero-order valence-electron chi connectivity index (χ0n) is 26.2. The molecule has 3 aromatic heterocycles. The van der Waals surface area contributed by atoms with Crippen LogP contribution in [0.2, 0.25) is 5.02 Å². The van der Waals surface area contributed by atoms with Gasteiger partial charge in [-0.1, -0.05) is 89.3 Å². The largest absolute Gasteiger partial charge is 0.505 e. The SMILES string of the molecule is COc1cc(C2C(=C(O)c3c(C)nc4ccccn34)C(=O)C(=O)N2c2nnc(SCc3ccc(Cl)cc3)s2)ccc1OCc1ccccc1. The van der Waals surface area contributed by atoms with Crippen molar-refractivity contribution in [2.75, 3.05) is 12.0 Å². The van der Waals surface area contributed by atoms with E-state index in [1.54, 1.807) is 47.9 Å². The number of Topliss-reactive ketones (excluding diaryl/α,β-unsaturated/α-hetero) is 1. The van der Waals surface area contributed by atoms with Crippen LogP contribution >= 0.6 is 34.7 Å². The van der Waals surface area contributed by atoms with E-state index < -0.39 is 17.7 Å². The third-order valence-electron chi connectivity index (χ3n) is 7.99. The number of aliphatic hydroxyl groups is 1. The third-order valence-corrected chi connectivity index (χ3v) is 10.4. The molecule has 1 fully saturated rings. The van der Waals surface area contributed by atoms with Crippen LogP contribution in [0.25, 0.3) is 11.4 Å². The summed E-state index contributed by atoms with van der Waals surface area (Å²) in [6, 6.07) is 26.8. The maximum absolute atomic E-state index is 13.9. The summed E-state index contributed by atoms with van der Waals surface area (Å²) in [7, 11) is 1.52. The molecule has 1 unspecified atom stereocenters. The quantitative estimate of drug-likeness (QED) is 0.0503. The number of aliphatic hydroxyl groups excluding tert-OH is 1. The number of pyridine rings is 1. The number of hydrogen-bond acceptors (Lipinski definition) is 10. The number of ether oxygens (including phenoxy) is 2. The van der Waals surface area contributed by atoms with Gasteiger partial charge in [0.25, 0.3) is 5.78 Å². The van der Waals surface area contributed by atoms with Gasteiger partial charge >= 0.3 is 5.91 Å². The molecule has 1 saturated heterocycles. The van der Waals surface area contributed by atoms with Gasteiger partial charge in [0, 0.05) is 17.0 Å². The first-order chi connectivity index (χ1) is 23.8. The highest BCUT2D eigenvalue weighted by Gasteiger charge is 2.49. The second-order valence-electron chi connectivity index (χ2n) is 11.1. The average Bonchev–Trinajstić information content (AvgIpc) is 3.80. The van der Waals surface area contributed by atoms with Crippen LogP contribution in [0.3, 0.4) is 0 Å². The van der Waals surface area contributed by atoms with Crippen LogP contribution in [0.5, 0.6) is 11.5 Å². The number of aromatic nitrogens is 4. The first-order valence-electron chi connectivity index (χ1n) is 15.1. The van der Waals surface area contributed by atoms with E-state index >= 15 is 0 Å². The van der Waals surface area contributed by atoms with Crippen molar-refractivity contribution < 1.29 is 24.2 Å². The molecule has 1 aliphatic rings. The Bertz CT molecular complexity index is 2220. The number of ketones is 1. The smallest absolute Gasteiger partial charge is 0.301 e. The van der Waals surface area contributed by atoms with Crippen LogP contribution in [0, 0.1) is 6.92 Å². The maximum atomic E-state index is 13.9. The zero-order valence-corrected chi connectivity index (χ0v) is 28.6. The topological polar surface area (TPSA) is 119 Å². The second-order valence-corrected chi connectivity index (χ2v) is 13.7. The lowest BCUT2D eigenvalue weighted by atomic mass is 9.96. The van der Waals surface area contributed by atoms with Crippen LogP contribution in [0.4, 0.5) is 5.13 Å². The van der Waals surface area contributed by atoms with E-state index in [9.17, 15) is 14.7 Å². The van der Waals surface area contributed by atoms with Crippen molar-refractivity contribution in [3.8, 4) is 11.5 Å². The Labute approximate surface area is 294 Å². The van der Waals surface area contributed by atoms with Gasteiger partial charge in [-0.3, -0.25) is 18.9 Å². The van der Waals surface area contributed by atoms with E-state index in [1.165, 1.54) is 35.1 Å². The number of rotatable bonds is 10. The number of imidazole rings is 1. The first kappa shape index (κ1) is 32.4. The van der Waals surface area contributed by atoms with Crippen LogP contribution in [-0.2, 0) is 21.9 Å². The monoisotopic (exact) mass is 709 g/mol. The summed E-state index contributed by atoms with van der Waals surface area (Å²) in [5.74, 6) is -0.591. The van der Waals surface area contributed by atoms with E-state index in [1.807, 2.05) is 60.7 Å². The van der Waals surface area contributed by atoms with Gasteiger partial charge in [0.05, 0.1) is 24.4 Å². The molecular weight excluding hydrogens is 682 g/mol. The highest BCUT2D eigenvalue weighted by atomic mass is 35.5. The molecule has 0 aliphatic carbocycles. The Morgan fingerprint density at radius 2 is 1.73 bits per heavy atom. The normalized spacial score (nSPS) is 15.7. The molecule has 6 aromatic rings. The van der Waals surface area contributed by atoms with Gasteiger partial charge in [0.1, 0.15) is 17.9 Å². The molecule has 0 spiro atoms. The minimum atomic E-state index is -1.06. The highest BCUT2D eigenvalue weighted by molar-refractivity contribution is 8.00.